The SMILES string of the molecule is CCCCCCCCCCCCCCCCCCCCCCCOS(=O)(=O)CCCCCCCCCCC(F)(F)F. The van der Waals surface area contributed by atoms with Crippen LogP contribution in [-0.2, 0) is 14.3 Å². The topological polar surface area (TPSA) is 43.4 Å². The first-order valence-electron chi connectivity index (χ1n) is 17.7. The van der Waals surface area contributed by atoms with E-state index in [9.17, 15) is 21.6 Å². The summed E-state index contributed by atoms with van der Waals surface area (Å²) in [5, 5.41) is 0. The molecule has 248 valence electrons. The van der Waals surface area contributed by atoms with Gasteiger partial charge in [0.1, 0.15) is 0 Å². The van der Waals surface area contributed by atoms with Gasteiger partial charge in [-0.1, -0.05) is 174 Å². The molecule has 3 nitrogen and oxygen atoms in total. The van der Waals surface area contributed by atoms with Crippen molar-refractivity contribution in [2.45, 2.75) is 206 Å². The predicted molar refractivity (Wildman–Crippen MR) is 170 cm³/mol. The zero-order chi connectivity index (χ0) is 30.3. The second-order valence-corrected chi connectivity index (χ2v) is 14.1. The van der Waals surface area contributed by atoms with E-state index in [1.165, 1.54) is 116 Å². The van der Waals surface area contributed by atoms with Crippen molar-refractivity contribution < 1.29 is 25.8 Å². The van der Waals surface area contributed by atoms with Crippen LogP contribution in [0.1, 0.15) is 200 Å². The highest BCUT2D eigenvalue weighted by Gasteiger charge is 2.25. The Bertz CT molecular complexity index is 623. The maximum atomic E-state index is 12.1. The number of rotatable bonds is 33. The molecule has 0 atom stereocenters. The average molecular weight is 613 g/mol. The van der Waals surface area contributed by atoms with Gasteiger partial charge in [-0.25, -0.2) is 0 Å². The molecule has 0 aliphatic carbocycles. The fourth-order valence-corrected chi connectivity index (χ4v) is 6.49. The van der Waals surface area contributed by atoms with E-state index in [0.717, 1.165) is 51.4 Å². The maximum absolute atomic E-state index is 12.1. The largest absolute Gasteiger partial charge is 0.389 e. The van der Waals surface area contributed by atoms with Crippen molar-refractivity contribution in [3.63, 3.8) is 0 Å². The van der Waals surface area contributed by atoms with Crippen molar-refractivity contribution >= 4 is 10.1 Å². The summed E-state index contributed by atoms with van der Waals surface area (Å²) >= 11 is 0. The molecule has 0 bridgehead atoms. The van der Waals surface area contributed by atoms with E-state index in [2.05, 4.69) is 6.92 Å². The molecule has 0 aliphatic rings. The smallest absolute Gasteiger partial charge is 0.270 e. The Labute approximate surface area is 253 Å². The second-order valence-electron chi connectivity index (χ2n) is 12.3. The summed E-state index contributed by atoms with van der Waals surface area (Å²) in [7, 11) is -3.43. The lowest BCUT2D eigenvalue weighted by Gasteiger charge is -2.07. The monoisotopic (exact) mass is 612 g/mol. The normalized spacial score (nSPS) is 12.4. The first-order valence-corrected chi connectivity index (χ1v) is 19.3. The van der Waals surface area contributed by atoms with Crippen LogP contribution in [0.4, 0.5) is 13.2 Å². The van der Waals surface area contributed by atoms with Crippen molar-refractivity contribution in [2.24, 2.45) is 0 Å². The quantitative estimate of drug-likeness (QED) is 0.0547. The van der Waals surface area contributed by atoms with Crippen molar-refractivity contribution in [1.29, 1.82) is 0 Å². The Morgan fingerprint density at radius 1 is 0.439 bits per heavy atom. The number of halogens is 3. The Kier molecular flexibility index (Phi) is 29.5. The second kappa shape index (κ2) is 29.8. The van der Waals surface area contributed by atoms with Crippen LogP contribution in [0, 0.1) is 0 Å². The van der Waals surface area contributed by atoms with Crippen molar-refractivity contribution in [1.82, 2.24) is 0 Å². The van der Waals surface area contributed by atoms with Gasteiger partial charge in [-0.2, -0.15) is 21.6 Å². The molecule has 0 aromatic rings. The van der Waals surface area contributed by atoms with Crippen LogP contribution in [0.2, 0.25) is 0 Å². The summed E-state index contributed by atoms with van der Waals surface area (Å²) in [6.07, 6.45) is 29.0. The zero-order valence-electron chi connectivity index (χ0n) is 26.9. The molecule has 0 radical (unpaired) electrons. The van der Waals surface area contributed by atoms with Crippen LogP contribution in [0.25, 0.3) is 0 Å². The summed E-state index contributed by atoms with van der Waals surface area (Å²) in [6, 6.07) is 0. The standard InChI is InChI=1S/C34H67F3O3S/c1-2-3-4-5-6-7-8-9-10-11-12-13-14-15-16-17-18-20-23-26-29-32-40-41(38,39)33-30-27-24-21-19-22-25-28-31-34(35,36)37/h2-33H2,1H3. The van der Waals surface area contributed by atoms with Crippen LogP contribution >= 0.6 is 0 Å². The van der Waals surface area contributed by atoms with Crippen LogP contribution in [0.5, 0.6) is 0 Å². The Balaban J connectivity index is 3.27. The molecule has 0 fully saturated rings. The van der Waals surface area contributed by atoms with Gasteiger partial charge in [-0.15, -0.1) is 0 Å². The van der Waals surface area contributed by atoms with Gasteiger partial charge in [0, 0.05) is 6.42 Å². The van der Waals surface area contributed by atoms with Gasteiger partial charge in [0.15, 0.2) is 0 Å². The number of hydrogen-bond acceptors (Lipinski definition) is 3. The number of alkyl halides is 3. The lowest BCUT2D eigenvalue weighted by atomic mass is 10.0. The average Bonchev–Trinajstić information content (AvgIpc) is 2.92. The summed E-state index contributed by atoms with van der Waals surface area (Å²) in [5.74, 6) is 0.0673. The third-order valence-corrected chi connectivity index (χ3v) is 9.43. The lowest BCUT2D eigenvalue weighted by molar-refractivity contribution is -0.135. The first kappa shape index (κ1) is 40.7. The molecule has 0 aromatic carbocycles. The van der Waals surface area contributed by atoms with Crippen LogP contribution in [-0.4, -0.2) is 27.0 Å². The molecule has 7 heteroatoms. The molecular weight excluding hydrogens is 545 g/mol. The van der Waals surface area contributed by atoms with Crippen LogP contribution < -0.4 is 0 Å². The summed E-state index contributed by atoms with van der Waals surface area (Å²) in [5.41, 5.74) is 0. The van der Waals surface area contributed by atoms with Gasteiger partial charge in [-0.3, -0.25) is 4.18 Å². The molecule has 0 saturated heterocycles. The van der Waals surface area contributed by atoms with Gasteiger partial charge in [0.05, 0.1) is 12.4 Å². The van der Waals surface area contributed by atoms with E-state index < -0.39 is 22.7 Å². The van der Waals surface area contributed by atoms with E-state index in [1.54, 1.807) is 0 Å². The first-order chi connectivity index (χ1) is 19.8. The molecule has 0 amide bonds. The van der Waals surface area contributed by atoms with Gasteiger partial charge < -0.3 is 0 Å². The molecule has 0 unspecified atom stereocenters. The Morgan fingerprint density at radius 2 is 0.732 bits per heavy atom. The molecule has 0 spiro atoms. The third-order valence-electron chi connectivity index (χ3n) is 8.12. The third kappa shape index (κ3) is 35.8. The minimum Gasteiger partial charge on any atom is -0.270 e. The summed E-state index contributed by atoms with van der Waals surface area (Å²) in [4.78, 5) is 0. The van der Waals surface area contributed by atoms with Crippen LogP contribution in [0.15, 0.2) is 0 Å². The van der Waals surface area contributed by atoms with E-state index in [-0.39, 0.29) is 12.2 Å². The van der Waals surface area contributed by atoms with E-state index in [4.69, 9.17) is 4.18 Å². The minimum absolute atomic E-state index is 0.0673. The maximum Gasteiger partial charge on any atom is 0.389 e. The highest BCUT2D eigenvalue weighted by Crippen LogP contribution is 2.23. The van der Waals surface area contributed by atoms with Gasteiger partial charge in [-0.05, 0) is 19.3 Å². The molecule has 0 aliphatic heterocycles. The number of hydrogen-bond donors (Lipinski definition) is 0. The lowest BCUT2D eigenvalue weighted by Crippen LogP contribution is -2.11. The minimum atomic E-state index is -4.04. The van der Waals surface area contributed by atoms with E-state index >= 15 is 0 Å². The molecular formula is C34H67F3O3S. The van der Waals surface area contributed by atoms with Gasteiger partial charge in [0.2, 0.25) is 0 Å². The fraction of sp³-hybridized carbons (Fsp3) is 1.00. The molecule has 0 aromatic heterocycles. The summed E-state index contributed by atoms with van der Waals surface area (Å²) < 4.78 is 65.4. The molecule has 0 heterocycles. The van der Waals surface area contributed by atoms with Gasteiger partial charge >= 0.3 is 6.18 Å². The van der Waals surface area contributed by atoms with E-state index in [0.29, 0.717) is 19.4 Å². The highest BCUT2D eigenvalue weighted by atomic mass is 32.2. The van der Waals surface area contributed by atoms with Crippen LogP contribution in [0.3, 0.4) is 0 Å². The Morgan fingerprint density at radius 3 is 1.07 bits per heavy atom. The summed E-state index contributed by atoms with van der Waals surface area (Å²) in [6.45, 7) is 2.57. The number of unbranched alkanes of at least 4 members (excludes halogenated alkanes) is 27. The van der Waals surface area contributed by atoms with Crippen molar-refractivity contribution in [2.75, 3.05) is 12.4 Å². The zero-order valence-corrected chi connectivity index (χ0v) is 27.7. The fourth-order valence-electron chi connectivity index (χ4n) is 5.44. The van der Waals surface area contributed by atoms with Gasteiger partial charge in [0.25, 0.3) is 10.1 Å². The molecule has 0 rings (SSSR count). The predicted octanol–water partition coefficient (Wildman–Crippen LogP) is 12.6. The van der Waals surface area contributed by atoms with Crippen molar-refractivity contribution in [3.8, 4) is 0 Å². The molecule has 0 saturated carbocycles. The molecule has 0 N–H and O–H groups in total. The molecule has 41 heavy (non-hydrogen) atoms. The van der Waals surface area contributed by atoms with E-state index in [1.807, 2.05) is 0 Å². The Hall–Kier alpha value is -0.300. The van der Waals surface area contributed by atoms with Crippen molar-refractivity contribution in [3.05, 3.63) is 0 Å². The highest BCUT2D eigenvalue weighted by molar-refractivity contribution is 7.86.